The number of ether oxygens (including phenoxy) is 1. The van der Waals surface area contributed by atoms with Crippen molar-refractivity contribution in [3.63, 3.8) is 0 Å². The van der Waals surface area contributed by atoms with Crippen LogP contribution in [-0.2, 0) is 0 Å². The molecule has 4 heteroatoms. The lowest BCUT2D eigenvalue weighted by Crippen LogP contribution is -2.02. The molecule has 2 aromatic rings. The molecule has 2 rings (SSSR count). The maximum Gasteiger partial charge on any atom is 0.132 e. The highest BCUT2D eigenvalue weighted by Gasteiger charge is 2.20. The monoisotopic (exact) mass is 323 g/mol. The summed E-state index contributed by atoms with van der Waals surface area (Å²) in [5, 5.41) is 0.512. The summed E-state index contributed by atoms with van der Waals surface area (Å²) in [6.07, 6.45) is 1.85. The summed E-state index contributed by atoms with van der Waals surface area (Å²) in [6, 6.07) is 5.91. The molecule has 1 atom stereocenters. The van der Waals surface area contributed by atoms with E-state index in [1.165, 1.54) is 0 Å². The lowest BCUT2D eigenvalue weighted by atomic mass is 9.96. The van der Waals surface area contributed by atoms with Crippen molar-refractivity contribution >= 4 is 23.2 Å². The van der Waals surface area contributed by atoms with E-state index in [2.05, 4.69) is 4.98 Å². The van der Waals surface area contributed by atoms with E-state index in [1.54, 1.807) is 0 Å². The van der Waals surface area contributed by atoms with Crippen molar-refractivity contribution in [3.8, 4) is 16.9 Å². The Hall–Kier alpha value is -1.25. The van der Waals surface area contributed by atoms with Gasteiger partial charge in [0.1, 0.15) is 5.75 Å². The average Bonchev–Trinajstić information content (AvgIpc) is 2.44. The minimum Gasteiger partial charge on any atom is -0.493 e. The van der Waals surface area contributed by atoms with Gasteiger partial charge < -0.3 is 4.74 Å². The largest absolute Gasteiger partial charge is 0.493 e. The quantitative estimate of drug-likeness (QED) is 0.671. The molecule has 1 unspecified atom stereocenters. The fourth-order valence-electron chi connectivity index (χ4n) is 2.30. The number of rotatable bonds is 4. The van der Waals surface area contributed by atoms with E-state index >= 15 is 0 Å². The first-order valence-corrected chi connectivity index (χ1v) is 7.80. The van der Waals surface area contributed by atoms with Crippen LogP contribution < -0.4 is 4.74 Å². The van der Waals surface area contributed by atoms with Crippen LogP contribution in [0.5, 0.6) is 5.75 Å². The molecule has 0 amide bonds. The van der Waals surface area contributed by atoms with Gasteiger partial charge in [-0.15, -0.1) is 11.6 Å². The molecule has 0 saturated heterocycles. The van der Waals surface area contributed by atoms with E-state index in [0.717, 1.165) is 33.7 Å². The molecule has 0 bridgehead atoms. The number of halogens is 2. The molecule has 0 aliphatic heterocycles. The van der Waals surface area contributed by atoms with Crippen LogP contribution in [-0.4, -0.2) is 11.6 Å². The van der Waals surface area contributed by atoms with Crippen molar-refractivity contribution in [2.75, 3.05) is 6.61 Å². The van der Waals surface area contributed by atoms with Gasteiger partial charge in [-0.05, 0) is 45.4 Å². The van der Waals surface area contributed by atoms with Crippen molar-refractivity contribution in [2.24, 2.45) is 0 Å². The van der Waals surface area contributed by atoms with Crippen molar-refractivity contribution in [1.82, 2.24) is 4.98 Å². The fourth-order valence-corrected chi connectivity index (χ4v) is 2.68. The third kappa shape index (κ3) is 3.33. The summed E-state index contributed by atoms with van der Waals surface area (Å²) < 4.78 is 5.88. The molecular weight excluding hydrogens is 305 g/mol. The van der Waals surface area contributed by atoms with E-state index in [0.29, 0.717) is 11.6 Å². The Kier molecular flexibility index (Phi) is 5.13. The highest BCUT2D eigenvalue weighted by Crippen LogP contribution is 2.43. The number of hydrogen-bond donors (Lipinski definition) is 0. The van der Waals surface area contributed by atoms with Crippen LogP contribution in [0, 0.1) is 13.8 Å². The summed E-state index contributed by atoms with van der Waals surface area (Å²) in [5.74, 6) is 0.799. The molecule has 0 spiro atoms. The number of aromatic nitrogens is 1. The number of aryl methyl sites for hydroxylation is 1. The van der Waals surface area contributed by atoms with Gasteiger partial charge in [-0.25, -0.2) is 0 Å². The lowest BCUT2D eigenvalue weighted by Gasteiger charge is -2.20. The van der Waals surface area contributed by atoms with E-state index < -0.39 is 0 Å². The molecule has 0 N–H and O–H groups in total. The summed E-state index contributed by atoms with van der Waals surface area (Å²) in [7, 11) is 0. The van der Waals surface area contributed by atoms with E-state index in [-0.39, 0.29) is 5.38 Å². The number of hydrogen-bond acceptors (Lipinski definition) is 2. The van der Waals surface area contributed by atoms with Gasteiger partial charge in [0.15, 0.2) is 0 Å². The van der Waals surface area contributed by atoms with Gasteiger partial charge >= 0.3 is 0 Å². The van der Waals surface area contributed by atoms with Crippen LogP contribution in [0.1, 0.15) is 36.0 Å². The molecule has 0 saturated carbocycles. The van der Waals surface area contributed by atoms with Crippen LogP contribution in [0.3, 0.4) is 0 Å². The molecule has 0 aliphatic carbocycles. The van der Waals surface area contributed by atoms with Crippen LogP contribution in [0.15, 0.2) is 24.4 Å². The third-order valence-corrected chi connectivity index (χ3v) is 4.05. The van der Waals surface area contributed by atoms with Crippen molar-refractivity contribution in [3.05, 3.63) is 46.2 Å². The number of alkyl halides is 1. The zero-order chi connectivity index (χ0) is 15.6. The predicted octanol–water partition coefficient (Wildman–Crippen LogP) is 5.72. The maximum absolute atomic E-state index is 6.38. The molecule has 0 aliphatic rings. The van der Waals surface area contributed by atoms with Crippen LogP contribution >= 0.6 is 23.2 Å². The van der Waals surface area contributed by atoms with Gasteiger partial charge in [0, 0.05) is 33.6 Å². The van der Waals surface area contributed by atoms with Gasteiger partial charge in [-0.3, -0.25) is 4.98 Å². The van der Waals surface area contributed by atoms with Gasteiger partial charge in [-0.1, -0.05) is 17.7 Å². The number of benzene rings is 1. The zero-order valence-corrected chi connectivity index (χ0v) is 14.2. The predicted molar refractivity (Wildman–Crippen MR) is 89.6 cm³/mol. The Morgan fingerprint density at radius 2 is 2.00 bits per heavy atom. The zero-order valence-electron chi connectivity index (χ0n) is 12.7. The molecule has 1 aromatic heterocycles. The Morgan fingerprint density at radius 1 is 1.29 bits per heavy atom. The van der Waals surface area contributed by atoms with Crippen molar-refractivity contribution < 1.29 is 4.74 Å². The van der Waals surface area contributed by atoms with Crippen LogP contribution in [0.4, 0.5) is 0 Å². The summed E-state index contributed by atoms with van der Waals surface area (Å²) in [5.41, 5.74) is 4.82. The second-order valence-corrected chi connectivity index (χ2v) is 6.08. The average molecular weight is 324 g/mol. The topological polar surface area (TPSA) is 22.1 Å². The molecule has 112 valence electrons. The number of pyridine rings is 1. The van der Waals surface area contributed by atoms with E-state index in [1.807, 2.05) is 52.1 Å². The van der Waals surface area contributed by atoms with Crippen molar-refractivity contribution in [2.45, 2.75) is 33.1 Å². The fraction of sp³-hybridized carbons (Fsp3) is 0.353. The smallest absolute Gasteiger partial charge is 0.132 e. The number of nitrogens with zero attached hydrogens (tertiary/aromatic N) is 1. The Morgan fingerprint density at radius 3 is 2.52 bits per heavy atom. The molecule has 0 fully saturated rings. The van der Waals surface area contributed by atoms with Crippen LogP contribution in [0.2, 0.25) is 5.02 Å². The summed E-state index contributed by atoms with van der Waals surface area (Å²) in [6.45, 7) is 8.41. The van der Waals surface area contributed by atoms with Gasteiger partial charge in [0.25, 0.3) is 0 Å². The normalized spacial score (nSPS) is 12.3. The van der Waals surface area contributed by atoms with Crippen LogP contribution in [0.25, 0.3) is 11.1 Å². The molecule has 1 aromatic carbocycles. The first-order chi connectivity index (χ1) is 9.95. The molecular formula is C17H19Cl2NO. The van der Waals surface area contributed by atoms with E-state index in [9.17, 15) is 0 Å². The maximum atomic E-state index is 6.38. The SMILES string of the molecule is CCOc1c(C(C)Cl)cc(Cl)c(C)c1-c1ccc(C)nc1. The van der Waals surface area contributed by atoms with Gasteiger partial charge in [0.2, 0.25) is 0 Å². The van der Waals surface area contributed by atoms with E-state index in [4.69, 9.17) is 27.9 Å². The molecule has 0 radical (unpaired) electrons. The minimum absolute atomic E-state index is 0.179. The van der Waals surface area contributed by atoms with Gasteiger partial charge in [0.05, 0.1) is 12.0 Å². The Bertz CT molecular complexity index is 636. The Balaban J connectivity index is 2.74. The highest BCUT2D eigenvalue weighted by molar-refractivity contribution is 6.32. The lowest BCUT2D eigenvalue weighted by molar-refractivity contribution is 0.338. The summed E-state index contributed by atoms with van der Waals surface area (Å²) in [4.78, 5) is 4.37. The second-order valence-electron chi connectivity index (χ2n) is 5.01. The van der Waals surface area contributed by atoms with Gasteiger partial charge in [-0.2, -0.15) is 0 Å². The van der Waals surface area contributed by atoms with Crippen molar-refractivity contribution in [1.29, 1.82) is 0 Å². The molecule has 1 heterocycles. The first-order valence-electron chi connectivity index (χ1n) is 6.98. The summed E-state index contributed by atoms with van der Waals surface area (Å²) >= 11 is 12.7. The molecule has 2 nitrogen and oxygen atoms in total. The Labute approximate surface area is 136 Å². The molecule has 21 heavy (non-hydrogen) atoms. The highest BCUT2D eigenvalue weighted by atomic mass is 35.5. The first kappa shape index (κ1) is 16.1. The third-order valence-electron chi connectivity index (χ3n) is 3.42. The minimum atomic E-state index is -0.179. The standard InChI is InChI=1S/C17H19Cl2NO/c1-5-21-17-14(12(4)18)8-15(19)11(3)16(17)13-7-6-10(2)20-9-13/h6-9,12H,5H2,1-4H3. The second kappa shape index (κ2) is 6.67.